The van der Waals surface area contributed by atoms with Gasteiger partial charge in [0.15, 0.2) is 5.16 Å². The molecule has 3 aromatic heterocycles. The minimum Gasteiger partial charge on any atom is -0.383 e. The summed E-state index contributed by atoms with van der Waals surface area (Å²) in [5, 5.41) is 14.6. The molecule has 150 valence electrons. The number of thiophene rings is 2. The molecule has 0 atom stereocenters. The van der Waals surface area contributed by atoms with Crippen molar-refractivity contribution in [3.05, 3.63) is 26.4 Å². The molecule has 0 bridgehead atoms. The number of nitrogens with one attached hydrogen (secondary N) is 1. The van der Waals surface area contributed by atoms with E-state index in [4.69, 9.17) is 5.73 Å². The molecule has 1 aliphatic rings. The lowest BCUT2D eigenvalue weighted by molar-refractivity contribution is -0.113. The van der Waals surface area contributed by atoms with Crippen molar-refractivity contribution in [1.29, 1.82) is 5.26 Å². The van der Waals surface area contributed by atoms with E-state index in [1.807, 2.05) is 13.8 Å². The maximum absolute atomic E-state index is 12.5. The summed E-state index contributed by atoms with van der Waals surface area (Å²) in [5.41, 5.74) is 8.99. The highest BCUT2D eigenvalue weighted by Crippen LogP contribution is 2.37. The molecule has 3 N–H and O–H groups in total. The zero-order valence-electron chi connectivity index (χ0n) is 16.3. The maximum atomic E-state index is 12.5. The van der Waals surface area contributed by atoms with Crippen LogP contribution in [0.25, 0.3) is 10.2 Å². The molecule has 1 amide bonds. The van der Waals surface area contributed by atoms with Crippen LogP contribution in [0.15, 0.2) is 5.16 Å². The van der Waals surface area contributed by atoms with Crippen LogP contribution in [0, 0.1) is 25.2 Å². The zero-order valence-corrected chi connectivity index (χ0v) is 18.7. The number of nitrogen functional groups attached to an aromatic ring is 1. The third kappa shape index (κ3) is 3.97. The zero-order chi connectivity index (χ0) is 20.5. The molecule has 0 saturated heterocycles. The van der Waals surface area contributed by atoms with Crippen molar-refractivity contribution in [3.8, 4) is 6.07 Å². The topological polar surface area (TPSA) is 105 Å². The summed E-state index contributed by atoms with van der Waals surface area (Å²) < 4.78 is 0. The molecule has 3 heterocycles. The monoisotopic (exact) mass is 443 g/mol. The van der Waals surface area contributed by atoms with Gasteiger partial charge in [0.2, 0.25) is 5.91 Å². The highest BCUT2D eigenvalue weighted by atomic mass is 32.2. The molecule has 4 rings (SSSR count). The molecule has 0 saturated carbocycles. The Morgan fingerprint density at radius 2 is 2.03 bits per heavy atom. The van der Waals surface area contributed by atoms with Crippen LogP contribution in [-0.2, 0) is 17.6 Å². The van der Waals surface area contributed by atoms with Crippen LogP contribution in [0.2, 0.25) is 0 Å². The Balaban J connectivity index is 1.47. The second-order valence-corrected chi connectivity index (χ2v) is 10.3. The Morgan fingerprint density at radius 1 is 1.24 bits per heavy atom. The lowest BCUT2D eigenvalue weighted by atomic mass is 10.1. The van der Waals surface area contributed by atoms with Crippen molar-refractivity contribution >= 4 is 61.4 Å². The Kier molecular flexibility index (Phi) is 5.76. The summed E-state index contributed by atoms with van der Waals surface area (Å²) in [6, 6.07) is 2.29. The number of aryl methyl sites for hydroxylation is 3. The Bertz CT molecular complexity index is 1140. The number of anilines is 2. The molecule has 0 aromatic carbocycles. The van der Waals surface area contributed by atoms with Crippen LogP contribution in [0.5, 0.6) is 0 Å². The van der Waals surface area contributed by atoms with Gasteiger partial charge in [0.1, 0.15) is 21.7 Å². The minimum atomic E-state index is -0.163. The van der Waals surface area contributed by atoms with Crippen LogP contribution in [-0.4, -0.2) is 21.6 Å². The number of rotatable bonds is 4. The summed E-state index contributed by atoms with van der Waals surface area (Å²) in [7, 11) is 0. The summed E-state index contributed by atoms with van der Waals surface area (Å²) in [6.45, 7) is 4.06. The molecule has 6 nitrogen and oxygen atoms in total. The number of carbonyl (C=O) groups excluding carboxylic acids is 1. The lowest BCUT2D eigenvalue weighted by Crippen LogP contribution is -2.14. The van der Waals surface area contributed by atoms with Gasteiger partial charge in [0.25, 0.3) is 0 Å². The largest absolute Gasteiger partial charge is 0.383 e. The van der Waals surface area contributed by atoms with Crippen molar-refractivity contribution in [2.24, 2.45) is 0 Å². The van der Waals surface area contributed by atoms with E-state index in [0.717, 1.165) is 47.0 Å². The Labute approximate surface area is 181 Å². The fraction of sp³-hybridized carbons (Fsp3) is 0.400. The average Bonchev–Trinajstić information content (AvgIpc) is 3.05. The van der Waals surface area contributed by atoms with Gasteiger partial charge in [0.05, 0.1) is 16.7 Å². The van der Waals surface area contributed by atoms with Gasteiger partial charge in [-0.05, 0) is 50.7 Å². The molecule has 0 radical (unpaired) electrons. The molecule has 29 heavy (non-hydrogen) atoms. The number of nitrogens with zero attached hydrogens (tertiary/aromatic N) is 3. The van der Waals surface area contributed by atoms with Gasteiger partial charge in [-0.3, -0.25) is 4.79 Å². The number of thioether (sulfide) groups is 1. The number of carbonyl (C=O) groups is 1. The van der Waals surface area contributed by atoms with Gasteiger partial charge in [0, 0.05) is 9.75 Å². The predicted molar refractivity (Wildman–Crippen MR) is 121 cm³/mol. The van der Waals surface area contributed by atoms with Gasteiger partial charge in [-0.25, -0.2) is 9.97 Å². The Morgan fingerprint density at radius 3 is 2.83 bits per heavy atom. The highest BCUT2D eigenvalue weighted by molar-refractivity contribution is 7.99. The van der Waals surface area contributed by atoms with Crippen LogP contribution in [0.3, 0.4) is 0 Å². The van der Waals surface area contributed by atoms with E-state index in [0.29, 0.717) is 21.5 Å². The third-order valence-corrected chi connectivity index (χ3v) is 8.31. The maximum Gasteiger partial charge on any atom is 0.235 e. The molecule has 3 aromatic rings. The van der Waals surface area contributed by atoms with E-state index in [-0.39, 0.29) is 11.7 Å². The van der Waals surface area contributed by atoms with Crippen molar-refractivity contribution in [3.63, 3.8) is 0 Å². The van der Waals surface area contributed by atoms with Crippen molar-refractivity contribution in [2.75, 3.05) is 16.8 Å². The van der Waals surface area contributed by atoms with Crippen LogP contribution < -0.4 is 11.1 Å². The molecule has 9 heteroatoms. The van der Waals surface area contributed by atoms with E-state index >= 15 is 0 Å². The number of hydrogen-bond acceptors (Lipinski definition) is 8. The van der Waals surface area contributed by atoms with E-state index < -0.39 is 0 Å². The number of amides is 1. The van der Waals surface area contributed by atoms with E-state index in [1.165, 1.54) is 27.9 Å². The van der Waals surface area contributed by atoms with Gasteiger partial charge in [-0.15, -0.1) is 22.7 Å². The molecule has 0 aliphatic heterocycles. The van der Waals surface area contributed by atoms with Crippen LogP contribution >= 0.6 is 34.4 Å². The normalized spacial score (nSPS) is 13.7. The first-order valence-corrected chi connectivity index (χ1v) is 12.1. The van der Waals surface area contributed by atoms with E-state index in [2.05, 4.69) is 21.4 Å². The van der Waals surface area contributed by atoms with E-state index in [1.54, 1.807) is 22.7 Å². The quantitative estimate of drug-likeness (QED) is 0.340. The van der Waals surface area contributed by atoms with Crippen LogP contribution in [0.4, 0.5) is 10.8 Å². The lowest BCUT2D eigenvalue weighted by Gasteiger charge is -2.05. The SMILES string of the molecule is Cc1sc2nc(SCC(=O)Nc3sc4c(c3C#N)CCCCC4)nc(N)c2c1C. The minimum absolute atomic E-state index is 0.163. The summed E-state index contributed by atoms with van der Waals surface area (Å²) in [4.78, 5) is 24.7. The molecule has 1 aliphatic carbocycles. The fourth-order valence-corrected chi connectivity index (χ4v) is 6.57. The Hall–Kier alpha value is -2.15. The summed E-state index contributed by atoms with van der Waals surface area (Å²) >= 11 is 4.39. The third-order valence-electron chi connectivity index (χ3n) is 5.15. The van der Waals surface area contributed by atoms with Crippen molar-refractivity contribution in [1.82, 2.24) is 9.97 Å². The average molecular weight is 444 g/mol. The predicted octanol–water partition coefficient (Wildman–Crippen LogP) is 4.82. The highest BCUT2D eigenvalue weighted by Gasteiger charge is 2.21. The smallest absolute Gasteiger partial charge is 0.235 e. The van der Waals surface area contributed by atoms with Gasteiger partial charge in [-0.1, -0.05) is 18.2 Å². The summed E-state index contributed by atoms with van der Waals surface area (Å²) in [6.07, 6.45) is 5.36. The second-order valence-electron chi connectivity index (χ2n) is 7.07. The number of fused-ring (bicyclic) bond motifs is 2. The second kappa shape index (κ2) is 8.30. The van der Waals surface area contributed by atoms with Crippen molar-refractivity contribution < 1.29 is 4.79 Å². The molecule has 0 unspecified atom stereocenters. The van der Waals surface area contributed by atoms with E-state index in [9.17, 15) is 10.1 Å². The number of hydrogen-bond donors (Lipinski definition) is 2. The molecule has 0 fully saturated rings. The number of nitrogens with two attached hydrogens (primary N) is 1. The van der Waals surface area contributed by atoms with Crippen LogP contribution in [0.1, 0.15) is 45.7 Å². The fourth-order valence-electron chi connectivity index (χ4n) is 3.57. The molecular weight excluding hydrogens is 422 g/mol. The van der Waals surface area contributed by atoms with Crippen molar-refractivity contribution in [2.45, 2.75) is 51.1 Å². The standard InChI is InChI=1S/C20H21N5OS3/c1-10-11(2)28-19-16(10)17(22)24-20(25-19)27-9-15(26)23-18-13(8-21)12-6-4-3-5-7-14(12)29-18/h3-7,9H2,1-2H3,(H,23,26)(H2,22,24,25). The first kappa shape index (κ1) is 20.1. The van der Waals surface area contributed by atoms with Gasteiger partial charge in [-0.2, -0.15) is 5.26 Å². The first-order valence-electron chi connectivity index (χ1n) is 9.48. The van der Waals surface area contributed by atoms with Gasteiger partial charge < -0.3 is 11.1 Å². The molecule has 0 spiro atoms. The number of aromatic nitrogens is 2. The summed E-state index contributed by atoms with van der Waals surface area (Å²) in [5.74, 6) is 0.457. The van der Waals surface area contributed by atoms with Gasteiger partial charge >= 0.3 is 0 Å². The molecular formula is C20H21N5OS3. The first-order chi connectivity index (χ1) is 14.0. The number of nitriles is 1.